The number of carboxylic acids is 1. The summed E-state index contributed by atoms with van der Waals surface area (Å²) in [7, 11) is 0. The van der Waals surface area contributed by atoms with Crippen molar-refractivity contribution in [2.24, 2.45) is 0 Å². The summed E-state index contributed by atoms with van der Waals surface area (Å²) in [5.41, 5.74) is 0. The molecular formula is C9H20O2Sn. The summed E-state index contributed by atoms with van der Waals surface area (Å²) >= 11 is -2.25. The minimum atomic E-state index is -2.25. The van der Waals surface area contributed by atoms with Crippen LogP contribution < -0.4 is 0 Å². The van der Waals surface area contributed by atoms with Gasteiger partial charge in [-0.2, -0.15) is 0 Å². The number of rotatable bonds is 5. The summed E-state index contributed by atoms with van der Waals surface area (Å²) in [6.07, 6.45) is 0. The van der Waals surface area contributed by atoms with E-state index in [-0.39, 0.29) is 3.93 Å². The van der Waals surface area contributed by atoms with Crippen molar-refractivity contribution in [1.29, 1.82) is 0 Å². The SMILES string of the molecule is C[CH2][Sn]([CH2]C)([CH2]C)[CH](C)C(=O)O. The van der Waals surface area contributed by atoms with Gasteiger partial charge in [0.25, 0.3) is 0 Å². The van der Waals surface area contributed by atoms with E-state index in [1.165, 1.54) is 0 Å². The third kappa shape index (κ3) is 2.38. The van der Waals surface area contributed by atoms with Crippen LogP contribution in [-0.2, 0) is 4.79 Å². The first-order valence-corrected chi connectivity index (χ1v) is 12.5. The quantitative estimate of drug-likeness (QED) is 0.785. The predicted molar refractivity (Wildman–Crippen MR) is 54.3 cm³/mol. The first-order chi connectivity index (χ1) is 5.54. The van der Waals surface area contributed by atoms with E-state index in [9.17, 15) is 4.79 Å². The van der Waals surface area contributed by atoms with E-state index in [2.05, 4.69) is 20.8 Å². The monoisotopic (exact) mass is 280 g/mol. The van der Waals surface area contributed by atoms with Crippen LogP contribution in [0.15, 0.2) is 0 Å². The molecule has 0 spiro atoms. The summed E-state index contributed by atoms with van der Waals surface area (Å²) in [5.74, 6) is -0.573. The van der Waals surface area contributed by atoms with Crippen LogP contribution in [0, 0.1) is 0 Å². The van der Waals surface area contributed by atoms with Crippen molar-refractivity contribution in [2.75, 3.05) is 0 Å². The molecule has 0 aromatic carbocycles. The van der Waals surface area contributed by atoms with Crippen molar-refractivity contribution < 1.29 is 9.90 Å². The molecule has 1 atom stereocenters. The van der Waals surface area contributed by atoms with Crippen LogP contribution in [0.2, 0.25) is 17.2 Å². The zero-order valence-corrected chi connectivity index (χ0v) is 11.4. The number of carboxylic acid groups (broad SMARTS) is 1. The van der Waals surface area contributed by atoms with Crippen LogP contribution in [0.5, 0.6) is 0 Å². The molecule has 1 unspecified atom stereocenters. The number of hydrogen-bond donors (Lipinski definition) is 1. The molecule has 0 aromatic rings. The molecule has 3 heteroatoms. The van der Waals surface area contributed by atoms with Gasteiger partial charge in [0, 0.05) is 0 Å². The van der Waals surface area contributed by atoms with Crippen molar-refractivity contribution in [3.63, 3.8) is 0 Å². The molecule has 0 rings (SSSR count). The molecule has 72 valence electrons. The van der Waals surface area contributed by atoms with Gasteiger partial charge in [0.2, 0.25) is 0 Å². The Morgan fingerprint density at radius 1 is 1.25 bits per heavy atom. The maximum atomic E-state index is 10.9. The molecule has 1 N–H and O–H groups in total. The summed E-state index contributed by atoms with van der Waals surface area (Å²) in [6.45, 7) is 8.42. The number of aliphatic carboxylic acids is 1. The Bertz CT molecular complexity index is 144. The van der Waals surface area contributed by atoms with E-state index in [1.54, 1.807) is 0 Å². The molecule has 0 saturated heterocycles. The molecular weight excluding hydrogens is 259 g/mol. The molecule has 12 heavy (non-hydrogen) atoms. The van der Waals surface area contributed by atoms with Gasteiger partial charge in [-0.3, -0.25) is 0 Å². The van der Waals surface area contributed by atoms with Gasteiger partial charge in [0.15, 0.2) is 0 Å². The first-order valence-electron chi connectivity index (χ1n) is 4.76. The topological polar surface area (TPSA) is 37.3 Å². The molecule has 0 heterocycles. The van der Waals surface area contributed by atoms with Gasteiger partial charge in [0.1, 0.15) is 0 Å². The van der Waals surface area contributed by atoms with Gasteiger partial charge in [-0.1, -0.05) is 0 Å². The average Bonchev–Trinajstić information content (AvgIpc) is 2.08. The number of hydrogen-bond acceptors (Lipinski definition) is 1. The van der Waals surface area contributed by atoms with E-state index >= 15 is 0 Å². The first kappa shape index (κ1) is 12.3. The molecule has 0 fully saturated rings. The minimum absolute atomic E-state index is 0.0145. The Morgan fingerprint density at radius 2 is 1.58 bits per heavy atom. The van der Waals surface area contributed by atoms with Gasteiger partial charge >= 0.3 is 79.2 Å². The zero-order chi connectivity index (χ0) is 9.78. The van der Waals surface area contributed by atoms with Gasteiger partial charge in [-0.05, 0) is 0 Å². The third-order valence-corrected chi connectivity index (χ3v) is 21.4. The summed E-state index contributed by atoms with van der Waals surface area (Å²) in [6, 6.07) is 0. The Balaban J connectivity index is 4.58. The van der Waals surface area contributed by atoms with Gasteiger partial charge in [0.05, 0.1) is 0 Å². The van der Waals surface area contributed by atoms with Crippen molar-refractivity contribution >= 4 is 24.3 Å². The fourth-order valence-electron chi connectivity index (χ4n) is 1.93. The Labute approximate surface area is 79.2 Å². The van der Waals surface area contributed by atoms with Crippen LogP contribution in [0.3, 0.4) is 0 Å². The predicted octanol–water partition coefficient (Wildman–Crippen LogP) is 2.97. The van der Waals surface area contributed by atoms with E-state index < -0.39 is 24.3 Å². The van der Waals surface area contributed by atoms with Crippen molar-refractivity contribution in [2.45, 2.75) is 44.9 Å². The van der Waals surface area contributed by atoms with Gasteiger partial charge in [-0.15, -0.1) is 0 Å². The Hall–Kier alpha value is 0.269. The molecule has 0 bridgehead atoms. The van der Waals surface area contributed by atoms with Crippen molar-refractivity contribution in [1.82, 2.24) is 0 Å². The van der Waals surface area contributed by atoms with Crippen molar-refractivity contribution in [3.05, 3.63) is 0 Å². The third-order valence-electron chi connectivity index (χ3n) is 3.40. The van der Waals surface area contributed by atoms with Crippen LogP contribution in [0.25, 0.3) is 0 Å². The van der Waals surface area contributed by atoms with Crippen LogP contribution in [0.1, 0.15) is 27.7 Å². The second-order valence-electron chi connectivity index (χ2n) is 3.48. The van der Waals surface area contributed by atoms with Crippen LogP contribution >= 0.6 is 0 Å². The fourth-order valence-corrected chi connectivity index (χ4v) is 13.0. The fraction of sp³-hybridized carbons (Fsp3) is 0.889. The summed E-state index contributed by atoms with van der Waals surface area (Å²) < 4.78 is 3.47. The molecule has 0 aliphatic rings. The summed E-state index contributed by atoms with van der Waals surface area (Å²) in [5, 5.41) is 8.96. The van der Waals surface area contributed by atoms with E-state index in [0.717, 1.165) is 13.3 Å². The Morgan fingerprint density at radius 3 is 1.67 bits per heavy atom. The molecule has 0 aromatic heterocycles. The standard InChI is InChI=1S/C3H5O2.3C2H5.Sn/c1-2-3(4)5;3*1-2;/h2H,1H3,(H,4,5);3*1H2,2H3;. The van der Waals surface area contributed by atoms with Crippen molar-refractivity contribution in [3.8, 4) is 0 Å². The van der Waals surface area contributed by atoms with E-state index in [4.69, 9.17) is 5.11 Å². The average molecular weight is 279 g/mol. The summed E-state index contributed by atoms with van der Waals surface area (Å²) in [4.78, 5) is 10.9. The second kappa shape index (κ2) is 5.10. The van der Waals surface area contributed by atoms with Crippen LogP contribution in [0.4, 0.5) is 0 Å². The molecule has 2 nitrogen and oxygen atoms in total. The van der Waals surface area contributed by atoms with Crippen LogP contribution in [-0.4, -0.2) is 29.5 Å². The molecule has 0 aliphatic carbocycles. The maximum absolute atomic E-state index is 10.9. The second-order valence-corrected chi connectivity index (χ2v) is 19.8. The Kier molecular flexibility index (Phi) is 5.21. The number of carbonyl (C=O) groups is 1. The molecule has 0 aliphatic heterocycles. The zero-order valence-electron chi connectivity index (χ0n) is 8.55. The normalized spacial score (nSPS) is 14.3. The van der Waals surface area contributed by atoms with E-state index in [0.29, 0.717) is 0 Å². The molecule has 0 saturated carbocycles. The van der Waals surface area contributed by atoms with Gasteiger partial charge in [-0.25, -0.2) is 0 Å². The molecule has 0 radical (unpaired) electrons. The van der Waals surface area contributed by atoms with Gasteiger partial charge < -0.3 is 0 Å². The van der Waals surface area contributed by atoms with E-state index in [1.807, 2.05) is 6.92 Å². The molecule has 0 amide bonds.